The first-order valence-corrected chi connectivity index (χ1v) is 5.43. The van der Waals surface area contributed by atoms with E-state index >= 15 is 0 Å². The number of carbonyl (C=O) groups excluding carboxylic acids is 1. The predicted octanol–water partition coefficient (Wildman–Crippen LogP) is 1.83. The van der Waals surface area contributed by atoms with Gasteiger partial charge in [0.1, 0.15) is 6.26 Å². The summed E-state index contributed by atoms with van der Waals surface area (Å²) < 4.78 is 5.41. The van der Waals surface area contributed by atoms with E-state index in [0.29, 0.717) is 10.2 Å². The highest BCUT2D eigenvalue weighted by Gasteiger charge is 2.19. The summed E-state index contributed by atoms with van der Waals surface area (Å²) in [5.74, 6) is -1.78. The van der Waals surface area contributed by atoms with Crippen LogP contribution in [0.5, 0.6) is 0 Å². The van der Waals surface area contributed by atoms with E-state index in [9.17, 15) is 9.59 Å². The Balaban J connectivity index is 2.64. The number of hydrogen-bond donors (Lipinski definition) is 1. The monoisotopic (exact) mass is 289 g/mol. The van der Waals surface area contributed by atoms with Crippen LogP contribution in [0.4, 0.5) is 0 Å². The third kappa shape index (κ3) is 3.10. The molecule has 1 heterocycles. The fraction of sp³-hybridized carbons (Fsp3) is 0.400. The van der Waals surface area contributed by atoms with Crippen LogP contribution in [0.1, 0.15) is 17.3 Å². The molecule has 0 bridgehead atoms. The first-order chi connectivity index (χ1) is 7.41. The predicted molar refractivity (Wildman–Crippen MR) is 60.2 cm³/mol. The smallest absolute Gasteiger partial charge is 0.308 e. The summed E-state index contributed by atoms with van der Waals surface area (Å²) in [4.78, 5) is 23.8. The van der Waals surface area contributed by atoms with Gasteiger partial charge in [0.25, 0.3) is 5.91 Å². The maximum absolute atomic E-state index is 11.8. The maximum Gasteiger partial charge on any atom is 0.308 e. The molecule has 1 unspecified atom stereocenters. The van der Waals surface area contributed by atoms with E-state index in [1.807, 2.05) is 0 Å². The Morgan fingerprint density at radius 3 is 2.69 bits per heavy atom. The number of carboxylic acid groups (broad SMARTS) is 1. The molecule has 0 aromatic carbocycles. The summed E-state index contributed by atoms with van der Waals surface area (Å²) in [7, 11) is 1.56. The highest BCUT2D eigenvalue weighted by molar-refractivity contribution is 9.10. The summed E-state index contributed by atoms with van der Waals surface area (Å²) in [6.45, 7) is 1.72. The lowest BCUT2D eigenvalue weighted by Gasteiger charge is -2.18. The number of carbonyl (C=O) groups is 2. The summed E-state index contributed by atoms with van der Waals surface area (Å²) in [5, 5.41) is 8.72. The number of carboxylic acids is 1. The van der Waals surface area contributed by atoms with Gasteiger partial charge in [0, 0.05) is 19.7 Å². The molecule has 1 atom stereocenters. The molecule has 1 N–H and O–H groups in total. The summed E-state index contributed by atoms with van der Waals surface area (Å²) in [6.07, 6.45) is 1.33. The van der Waals surface area contributed by atoms with E-state index in [2.05, 4.69) is 15.9 Å². The van der Waals surface area contributed by atoms with Crippen LogP contribution in [0.2, 0.25) is 0 Å². The van der Waals surface area contributed by atoms with Gasteiger partial charge in [0.15, 0.2) is 4.67 Å². The van der Waals surface area contributed by atoms with Crippen molar-refractivity contribution < 1.29 is 19.1 Å². The normalized spacial score (nSPS) is 12.2. The molecule has 0 saturated heterocycles. The number of furan rings is 1. The van der Waals surface area contributed by atoms with Crippen molar-refractivity contribution in [3.05, 3.63) is 22.6 Å². The second kappa shape index (κ2) is 5.16. The summed E-state index contributed by atoms with van der Waals surface area (Å²) >= 11 is 3.09. The quantitative estimate of drug-likeness (QED) is 0.918. The minimum atomic E-state index is -0.923. The van der Waals surface area contributed by atoms with Gasteiger partial charge in [-0.15, -0.1) is 0 Å². The van der Waals surface area contributed by atoms with Gasteiger partial charge in [-0.2, -0.15) is 0 Å². The number of amides is 1. The van der Waals surface area contributed by atoms with Crippen LogP contribution < -0.4 is 0 Å². The number of aliphatic carboxylic acids is 1. The average Bonchev–Trinajstić information content (AvgIpc) is 2.63. The second-order valence-corrected chi connectivity index (χ2v) is 4.35. The van der Waals surface area contributed by atoms with Gasteiger partial charge in [-0.25, -0.2) is 0 Å². The summed E-state index contributed by atoms with van der Waals surface area (Å²) in [6, 6.07) is 1.55. The topological polar surface area (TPSA) is 70.8 Å². The first-order valence-electron chi connectivity index (χ1n) is 4.64. The van der Waals surface area contributed by atoms with E-state index in [1.54, 1.807) is 20.0 Å². The molecule has 1 amide bonds. The highest BCUT2D eigenvalue weighted by atomic mass is 79.9. The van der Waals surface area contributed by atoms with Crippen LogP contribution in [-0.4, -0.2) is 35.5 Å². The molecule has 0 saturated carbocycles. The largest absolute Gasteiger partial charge is 0.481 e. The van der Waals surface area contributed by atoms with Gasteiger partial charge < -0.3 is 14.4 Å². The SMILES string of the molecule is CC(CN(C)C(=O)c1coc(Br)c1)C(=O)O. The molecule has 88 valence electrons. The molecule has 0 fully saturated rings. The number of halogens is 1. The maximum atomic E-state index is 11.8. The first kappa shape index (κ1) is 12.8. The van der Waals surface area contributed by atoms with E-state index in [1.165, 1.54) is 11.2 Å². The third-order valence-corrected chi connectivity index (χ3v) is 2.55. The fourth-order valence-corrected chi connectivity index (χ4v) is 1.55. The van der Waals surface area contributed by atoms with Crippen LogP contribution in [0.15, 0.2) is 21.4 Å². The van der Waals surface area contributed by atoms with Crippen LogP contribution in [-0.2, 0) is 4.79 Å². The Labute approximate surface area is 101 Å². The van der Waals surface area contributed by atoms with Crippen LogP contribution in [0, 0.1) is 5.92 Å². The third-order valence-electron chi connectivity index (χ3n) is 2.13. The van der Waals surface area contributed by atoms with Gasteiger partial charge in [0.05, 0.1) is 11.5 Å². The van der Waals surface area contributed by atoms with Gasteiger partial charge in [-0.1, -0.05) is 6.92 Å². The number of nitrogens with zero attached hydrogens (tertiary/aromatic N) is 1. The van der Waals surface area contributed by atoms with Crippen molar-refractivity contribution in [2.45, 2.75) is 6.92 Å². The lowest BCUT2D eigenvalue weighted by molar-refractivity contribution is -0.141. The standard InChI is InChI=1S/C10H12BrNO4/c1-6(10(14)15)4-12(2)9(13)7-3-8(11)16-5-7/h3,5-6H,4H2,1-2H3,(H,14,15). The van der Waals surface area contributed by atoms with E-state index in [4.69, 9.17) is 9.52 Å². The van der Waals surface area contributed by atoms with Gasteiger partial charge in [-0.05, 0) is 15.9 Å². The number of hydrogen-bond acceptors (Lipinski definition) is 3. The van der Waals surface area contributed by atoms with E-state index in [-0.39, 0.29) is 12.5 Å². The zero-order chi connectivity index (χ0) is 12.3. The zero-order valence-corrected chi connectivity index (χ0v) is 10.5. The van der Waals surface area contributed by atoms with Gasteiger partial charge in [0.2, 0.25) is 0 Å². The van der Waals surface area contributed by atoms with Crippen LogP contribution in [0.3, 0.4) is 0 Å². The molecule has 0 aliphatic heterocycles. The minimum absolute atomic E-state index is 0.164. The highest BCUT2D eigenvalue weighted by Crippen LogP contribution is 2.15. The summed E-state index contributed by atoms with van der Waals surface area (Å²) in [5.41, 5.74) is 0.395. The Kier molecular flexibility index (Phi) is 4.12. The molecule has 1 aromatic rings. The van der Waals surface area contributed by atoms with Crippen molar-refractivity contribution in [1.29, 1.82) is 0 Å². The molecule has 16 heavy (non-hydrogen) atoms. The Morgan fingerprint density at radius 2 is 2.25 bits per heavy atom. The molecule has 0 aliphatic rings. The van der Waals surface area contributed by atoms with Crippen molar-refractivity contribution >= 4 is 27.8 Å². The number of rotatable bonds is 4. The van der Waals surface area contributed by atoms with E-state index < -0.39 is 11.9 Å². The second-order valence-electron chi connectivity index (χ2n) is 3.56. The van der Waals surface area contributed by atoms with Crippen LogP contribution >= 0.6 is 15.9 Å². The van der Waals surface area contributed by atoms with Gasteiger partial charge >= 0.3 is 5.97 Å². The molecular weight excluding hydrogens is 278 g/mol. The Hall–Kier alpha value is -1.30. The Morgan fingerprint density at radius 1 is 1.62 bits per heavy atom. The molecule has 0 radical (unpaired) electrons. The molecular formula is C10H12BrNO4. The van der Waals surface area contributed by atoms with Crippen molar-refractivity contribution in [2.75, 3.05) is 13.6 Å². The molecule has 1 aromatic heterocycles. The van der Waals surface area contributed by atoms with E-state index in [0.717, 1.165) is 0 Å². The molecule has 5 nitrogen and oxygen atoms in total. The fourth-order valence-electron chi connectivity index (χ4n) is 1.21. The molecule has 0 spiro atoms. The van der Waals surface area contributed by atoms with Crippen LogP contribution in [0.25, 0.3) is 0 Å². The average molecular weight is 290 g/mol. The van der Waals surface area contributed by atoms with Crippen molar-refractivity contribution in [1.82, 2.24) is 4.90 Å². The van der Waals surface area contributed by atoms with Crippen molar-refractivity contribution in [3.8, 4) is 0 Å². The molecule has 1 rings (SSSR count). The minimum Gasteiger partial charge on any atom is -0.481 e. The Bertz CT molecular complexity index is 401. The lowest BCUT2D eigenvalue weighted by atomic mass is 10.1. The molecule has 0 aliphatic carbocycles. The van der Waals surface area contributed by atoms with Crippen molar-refractivity contribution in [2.24, 2.45) is 5.92 Å². The van der Waals surface area contributed by atoms with Crippen molar-refractivity contribution in [3.63, 3.8) is 0 Å². The zero-order valence-electron chi connectivity index (χ0n) is 8.94. The van der Waals surface area contributed by atoms with Gasteiger partial charge in [-0.3, -0.25) is 9.59 Å². The molecule has 6 heteroatoms. The lowest BCUT2D eigenvalue weighted by Crippen LogP contribution is -2.33.